The molecular weight excluding hydrogens is 240 g/mol. The highest BCUT2D eigenvalue weighted by atomic mass is 16.5. The van der Waals surface area contributed by atoms with Crippen LogP contribution in [0.5, 0.6) is 0 Å². The molecular formula is C16H20O3. The second-order valence-electron chi connectivity index (χ2n) is 5.20. The summed E-state index contributed by atoms with van der Waals surface area (Å²) in [6.45, 7) is 3.47. The van der Waals surface area contributed by atoms with Gasteiger partial charge >= 0.3 is 5.97 Å². The summed E-state index contributed by atoms with van der Waals surface area (Å²) < 4.78 is 5.74. The van der Waals surface area contributed by atoms with Gasteiger partial charge in [-0.05, 0) is 42.4 Å². The van der Waals surface area contributed by atoms with Gasteiger partial charge in [0.25, 0.3) is 0 Å². The van der Waals surface area contributed by atoms with E-state index in [4.69, 9.17) is 9.84 Å². The van der Waals surface area contributed by atoms with Gasteiger partial charge in [0.1, 0.15) is 0 Å². The average Bonchev–Trinajstić information content (AvgIpc) is 2.41. The molecule has 3 heteroatoms. The van der Waals surface area contributed by atoms with Crippen molar-refractivity contribution in [2.24, 2.45) is 11.8 Å². The number of carboxylic acid groups (broad SMARTS) is 1. The maximum absolute atomic E-state index is 10.9. The van der Waals surface area contributed by atoms with E-state index in [-0.39, 0.29) is 0 Å². The molecule has 0 saturated carbocycles. The second-order valence-corrected chi connectivity index (χ2v) is 5.20. The van der Waals surface area contributed by atoms with E-state index in [2.05, 4.69) is 19.1 Å². The molecule has 0 aromatic heterocycles. The van der Waals surface area contributed by atoms with E-state index in [1.807, 2.05) is 6.07 Å². The standard InChI is InChI=1S/C16H20O3/c1-12-5-2-3-7-15(12)11-19-10-13-6-4-8-14(9-13)16(17)18/h2-4,6,8-9,12,15H,5,7,10-11H2,1H3,(H,17,18)/t12-,15-/m0/s1. The Kier molecular flexibility index (Phi) is 4.74. The molecule has 2 atom stereocenters. The maximum Gasteiger partial charge on any atom is 0.335 e. The highest BCUT2D eigenvalue weighted by molar-refractivity contribution is 5.87. The topological polar surface area (TPSA) is 46.5 Å². The normalized spacial score (nSPS) is 22.4. The van der Waals surface area contributed by atoms with Crippen LogP contribution in [0.25, 0.3) is 0 Å². The molecule has 0 amide bonds. The number of hydrogen-bond donors (Lipinski definition) is 1. The first-order valence-electron chi connectivity index (χ1n) is 6.72. The average molecular weight is 260 g/mol. The number of aromatic carboxylic acids is 1. The van der Waals surface area contributed by atoms with E-state index in [9.17, 15) is 4.79 Å². The fraction of sp³-hybridized carbons (Fsp3) is 0.438. The van der Waals surface area contributed by atoms with Gasteiger partial charge in [-0.1, -0.05) is 31.2 Å². The molecule has 2 rings (SSSR count). The number of allylic oxidation sites excluding steroid dienone is 2. The lowest BCUT2D eigenvalue weighted by atomic mass is 9.85. The van der Waals surface area contributed by atoms with Crippen LogP contribution in [0.3, 0.4) is 0 Å². The highest BCUT2D eigenvalue weighted by Crippen LogP contribution is 2.25. The maximum atomic E-state index is 10.9. The number of ether oxygens (including phenoxy) is 1. The van der Waals surface area contributed by atoms with E-state index < -0.39 is 5.97 Å². The molecule has 1 aromatic carbocycles. The molecule has 1 aliphatic carbocycles. The summed E-state index contributed by atoms with van der Waals surface area (Å²) >= 11 is 0. The molecule has 0 unspecified atom stereocenters. The van der Waals surface area contributed by atoms with Gasteiger partial charge in [-0.25, -0.2) is 4.79 Å². The van der Waals surface area contributed by atoms with Gasteiger partial charge in [0.05, 0.1) is 18.8 Å². The Morgan fingerprint density at radius 3 is 2.89 bits per heavy atom. The van der Waals surface area contributed by atoms with Crippen LogP contribution in [0.15, 0.2) is 36.4 Å². The van der Waals surface area contributed by atoms with E-state index in [1.54, 1.807) is 18.2 Å². The van der Waals surface area contributed by atoms with Crippen LogP contribution in [0.1, 0.15) is 35.7 Å². The third kappa shape index (κ3) is 3.93. The second kappa shape index (κ2) is 6.53. The lowest BCUT2D eigenvalue weighted by Crippen LogP contribution is -2.19. The smallest absolute Gasteiger partial charge is 0.335 e. The van der Waals surface area contributed by atoms with E-state index in [0.717, 1.165) is 25.0 Å². The zero-order chi connectivity index (χ0) is 13.7. The minimum absolute atomic E-state index is 0.315. The quantitative estimate of drug-likeness (QED) is 0.824. The Bertz CT molecular complexity index is 465. The number of carboxylic acids is 1. The molecule has 1 aliphatic rings. The largest absolute Gasteiger partial charge is 0.478 e. The van der Waals surface area contributed by atoms with Crippen LogP contribution in [0.2, 0.25) is 0 Å². The summed E-state index contributed by atoms with van der Waals surface area (Å²) in [5.41, 5.74) is 1.23. The van der Waals surface area contributed by atoms with Crippen molar-refractivity contribution in [3.05, 3.63) is 47.5 Å². The zero-order valence-corrected chi connectivity index (χ0v) is 11.2. The summed E-state index contributed by atoms with van der Waals surface area (Å²) in [4.78, 5) is 10.9. The first kappa shape index (κ1) is 13.8. The Balaban J connectivity index is 1.84. The van der Waals surface area contributed by atoms with E-state index >= 15 is 0 Å². The van der Waals surface area contributed by atoms with Crippen LogP contribution in [0, 0.1) is 11.8 Å². The van der Waals surface area contributed by atoms with Crippen molar-refractivity contribution in [3.63, 3.8) is 0 Å². The van der Waals surface area contributed by atoms with Gasteiger partial charge in [-0.3, -0.25) is 0 Å². The summed E-state index contributed by atoms with van der Waals surface area (Å²) in [5, 5.41) is 8.92. The number of carbonyl (C=O) groups is 1. The minimum atomic E-state index is -0.895. The summed E-state index contributed by atoms with van der Waals surface area (Å²) in [5.74, 6) is 0.343. The SMILES string of the molecule is C[C@H]1CC=CC[C@H]1COCc1cccc(C(=O)O)c1. The van der Waals surface area contributed by atoms with Crippen molar-refractivity contribution >= 4 is 5.97 Å². The van der Waals surface area contributed by atoms with Crippen molar-refractivity contribution in [2.75, 3.05) is 6.61 Å². The zero-order valence-electron chi connectivity index (χ0n) is 11.2. The summed E-state index contributed by atoms with van der Waals surface area (Å²) in [6, 6.07) is 6.93. The van der Waals surface area contributed by atoms with E-state index in [0.29, 0.717) is 24.0 Å². The number of rotatable bonds is 5. The van der Waals surface area contributed by atoms with Crippen molar-refractivity contribution in [2.45, 2.75) is 26.4 Å². The van der Waals surface area contributed by atoms with E-state index in [1.165, 1.54) is 0 Å². The van der Waals surface area contributed by atoms with Gasteiger partial charge in [0.2, 0.25) is 0 Å². The third-order valence-corrected chi connectivity index (χ3v) is 3.69. The molecule has 102 valence electrons. The Morgan fingerprint density at radius 2 is 2.16 bits per heavy atom. The molecule has 1 N–H and O–H groups in total. The van der Waals surface area contributed by atoms with Crippen LogP contribution in [-0.2, 0) is 11.3 Å². The Labute approximate surface area is 113 Å². The molecule has 0 saturated heterocycles. The lowest BCUT2D eigenvalue weighted by molar-refractivity contribution is 0.0672. The third-order valence-electron chi connectivity index (χ3n) is 3.69. The van der Waals surface area contributed by atoms with Gasteiger partial charge in [0, 0.05) is 0 Å². The molecule has 0 radical (unpaired) electrons. The van der Waals surface area contributed by atoms with Gasteiger partial charge < -0.3 is 9.84 Å². The van der Waals surface area contributed by atoms with Gasteiger partial charge in [-0.15, -0.1) is 0 Å². The monoisotopic (exact) mass is 260 g/mol. The van der Waals surface area contributed by atoms with Crippen molar-refractivity contribution in [3.8, 4) is 0 Å². The molecule has 0 spiro atoms. The summed E-state index contributed by atoms with van der Waals surface area (Å²) in [6.07, 6.45) is 6.66. The molecule has 0 heterocycles. The molecule has 19 heavy (non-hydrogen) atoms. The predicted octanol–water partition coefficient (Wildman–Crippen LogP) is 3.50. The fourth-order valence-electron chi connectivity index (χ4n) is 2.36. The van der Waals surface area contributed by atoms with Gasteiger partial charge in [-0.2, -0.15) is 0 Å². The Hall–Kier alpha value is -1.61. The minimum Gasteiger partial charge on any atom is -0.478 e. The molecule has 3 nitrogen and oxygen atoms in total. The van der Waals surface area contributed by atoms with Crippen molar-refractivity contribution in [1.29, 1.82) is 0 Å². The lowest BCUT2D eigenvalue weighted by Gasteiger charge is -2.24. The summed E-state index contributed by atoms with van der Waals surface area (Å²) in [7, 11) is 0. The highest BCUT2D eigenvalue weighted by Gasteiger charge is 2.18. The molecule has 0 fully saturated rings. The van der Waals surface area contributed by atoms with Crippen LogP contribution < -0.4 is 0 Å². The van der Waals surface area contributed by atoms with Crippen molar-refractivity contribution in [1.82, 2.24) is 0 Å². The van der Waals surface area contributed by atoms with Crippen LogP contribution >= 0.6 is 0 Å². The van der Waals surface area contributed by atoms with Crippen LogP contribution in [-0.4, -0.2) is 17.7 Å². The number of hydrogen-bond acceptors (Lipinski definition) is 2. The first-order valence-corrected chi connectivity index (χ1v) is 6.72. The number of benzene rings is 1. The van der Waals surface area contributed by atoms with Crippen LogP contribution in [0.4, 0.5) is 0 Å². The Morgan fingerprint density at radius 1 is 1.37 bits per heavy atom. The molecule has 0 aliphatic heterocycles. The van der Waals surface area contributed by atoms with Crippen molar-refractivity contribution < 1.29 is 14.6 Å². The molecule has 1 aromatic rings. The molecule has 0 bridgehead atoms. The fourth-order valence-corrected chi connectivity index (χ4v) is 2.36. The predicted molar refractivity (Wildman–Crippen MR) is 74.1 cm³/mol. The first-order chi connectivity index (χ1) is 9.16. The van der Waals surface area contributed by atoms with Gasteiger partial charge in [0.15, 0.2) is 0 Å².